The van der Waals surface area contributed by atoms with Crippen LogP contribution in [0.4, 0.5) is 10.5 Å². The number of piperidine rings is 1. The van der Waals surface area contributed by atoms with Gasteiger partial charge in [-0.3, -0.25) is 9.80 Å². The summed E-state index contributed by atoms with van der Waals surface area (Å²) in [6, 6.07) is 21.8. The summed E-state index contributed by atoms with van der Waals surface area (Å²) in [6.45, 7) is 8.76. The minimum atomic E-state index is -0.0407. The fourth-order valence-electron chi connectivity index (χ4n) is 6.29. The van der Waals surface area contributed by atoms with E-state index in [1.807, 2.05) is 65.6 Å². The average Bonchev–Trinajstić information content (AvgIpc) is 3.41. The fraction of sp³-hybridized carbons (Fsp3) is 0.500. The maximum Gasteiger partial charge on any atom is 0.322 e. The Kier molecular flexibility index (Phi) is 7.89. The normalized spacial score (nSPS) is 21.4. The first-order chi connectivity index (χ1) is 18.0. The molecule has 1 aromatic heterocycles. The number of carbonyl (C=O) groups is 1. The van der Waals surface area contributed by atoms with Crippen molar-refractivity contribution < 1.29 is 4.79 Å². The number of urea groups is 1. The van der Waals surface area contributed by atoms with Gasteiger partial charge in [0.1, 0.15) is 11.6 Å². The molecule has 3 aromatic rings. The summed E-state index contributed by atoms with van der Waals surface area (Å²) < 4.78 is 2.42. The summed E-state index contributed by atoms with van der Waals surface area (Å²) in [5.74, 6) is 2.55. The van der Waals surface area contributed by atoms with E-state index in [9.17, 15) is 4.79 Å². The fourth-order valence-corrected chi connectivity index (χ4v) is 6.29. The van der Waals surface area contributed by atoms with Crippen molar-refractivity contribution in [3.8, 4) is 0 Å². The first kappa shape index (κ1) is 25.5. The van der Waals surface area contributed by atoms with Gasteiger partial charge in [0.2, 0.25) is 0 Å². The van der Waals surface area contributed by atoms with Crippen LogP contribution in [0, 0.1) is 6.92 Å². The van der Waals surface area contributed by atoms with Crippen molar-refractivity contribution in [2.24, 2.45) is 0 Å². The zero-order valence-corrected chi connectivity index (χ0v) is 22.4. The molecule has 3 heterocycles. The van der Waals surface area contributed by atoms with Gasteiger partial charge in [-0.15, -0.1) is 10.2 Å². The minimum Gasteiger partial charge on any atom is -0.334 e. The summed E-state index contributed by atoms with van der Waals surface area (Å²) in [6.07, 6.45) is 5.80. The predicted molar refractivity (Wildman–Crippen MR) is 148 cm³/mol. The number of para-hydroxylation sites is 1. The van der Waals surface area contributed by atoms with Gasteiger partial charge in [-0.1, -0.05) is 62.4 Å². The molecule has 2 bridgehead atoms. The highest BCUT2D eigenvalue weighted by Gasteiger charge is 2.42. The van der Waals surface area contributed by atoms with Crippen LogP contribution in [0.2, 0.25) is 0 Å². The van der Waals surface area contributed by atoms with Crippen LogP contribution in [0.5, 0.6) is 0 Å². The third-order valence-electron chi connectivity index (χ3n) is 8.03. The van der Waals surface area contributed by atoms with Gasteiger partial charge in [0.15, 0.2) is 0 Å². The van der Waals surface area contributed by atoms with Crippen molar-refractivity contribution in [3.63, 3.8) is 0 Å². The summed E-state index contributed by atoms with van der Waals surface area (Å²) in [4.78, 5) is 17.8. The molecule has 5 rings (SSSR count). The molecule has 2 saturated heterocycles. The van der Waals surface area contributed by atoms with E-state index in [4.69, 9.17) is 0 Å². The molecule has 0 saturated carbocycles. The number of nitrogens with one attached hydrogen (secondary N) is 1. The summed E-state index contributed by atoms with van der Waals surface area (Å²) in [7, 11) is 0. The molecule has 196 valence electrons. The zero-order chi connectivity index (χ0) is 25.8. The maximum atomic E-state index is 13.2. The van der Waals surface area contributed by atoms with Crippen LogP contribution in [0.15, 0.2) is 60.7 Å². The van der Waals surface area contributed by atoms with Crippen molar-refractivity contribution in [1.82, 2.24) is 25.0 Å². The molecule has 1 N–H and O–H groups in total. The molecular formula is C30H40N6O. The van der Waals surface area contributed by atoms with Crippen molar-refractivity contribution in [2.75, 3.05) is 18.0 Å². The average molecular weight is 501 g/mol. The van der Waals surface area contributed by atoms with Gasteiger partial charge >= 0.3 is 6.03 Å². The maximum absolute atomic E-state index is 13.2. The Morgan fingerprint density at radius 2 is 1.62 bits per heavy atom. The smallest absolute Gasteiger partial charge is 0.322 e. The Labute approximate surface area is 220 Å². The Morgan fingerprint density at radius 3 is 2.27 bits per heavy atom. The number of fused-ring (bicyclic) bond motifs is 2. The molecule has 2 amide bonds. The lowest BCUT2D eigenvalue weighted by molar-refractivity contribution is 0.104. The van der Waals surface area contributed by atoms with Gasteiger partial charge in [0.25, 0.3) is 0 Å². The zero-order valence-electron chi connectivity index (χ0n) is 22.4. The van der Waals surface area contributed by atoms with E-state index in [-0.39, 0.29) is 6.03 Å². The number of benzene rings is 2. The van der Waals surface area contributed by atoms with Gasteiger partial charge in [0, 0.05) is 49.4 Å². The van der Waals surface area contributed by atoms with Crippen molar-refractivity contribution in [1.29, 1.82) is 0 Å². The van der Waals surface area contributed by atoms with E-state index >= 15 is 0 Å². The van der Waals surface area contributed by atoms with Gasteiger partial charge in [-0.25, -0.2) is 4.79 Å². The molecule has 0 spiro atoms. The van der Waals surface area contributed by atoms with Crippen molar-refractivity contribution in [2.45, 2.75) is 83.5 Å². The topological polar surface area (TPSA) is 66.3 Å². The third kappa shape index (κ3) is 5.72. The van der Waals surface area contributed by atoms with Gasteiger partial charge in [-0.05, 0) is 56.7 Å². The number of hydrogen-bond donors (Lipinski definition) is 1. The predicted octanol–water partition coefficient (Wildman–Crippen LogP) is 5.68. The lowest BCUT2D eigenvalue weighted by Crippen LogP contribution is -2.46. The molecule has 7 nitrogen and oxygen atoms in total. The second-order valence-electron chi connectivity index (χ2n) is 10.9. The lowest BCUT2D eigenvalue weighted by atomic mass is 9.96. The Bertz CT molecular complexity index is 1150. The van der Waals surface area contributed by atoms with Gasteiger partial charge in [-0.2, -0.15) is 0 Å². The molecule has 3 atom stereocenters. The van der Waals surface area contributed by atoms with Gasteiger partial charge in [0.05, 0.1) is 0 Å². The second-order valence-corrected chi connectivity index (χ2v) is 10.9. The molecule has 1 unspecified atom stereocenters. The van der Waals surface area contributed by atoms with Crippen LogP contribution in [0.3, 0.4) is 0 Å². The molecule has 2 fully saturated rings. The summed E-state index contributed by atoms with van der Waals surface area (Å²) in [5.41, 5.74) is 2.05. The third-order valence-corrected chi connectivity index (χ3v) is 8.03. The van der Waals surface area contributed by atoms with E-state index in [1.165, 1.54) is 12.8 Å². The Hall–Kier alpha value is -3.19. The molecule has 37 heavy (non-hydrogen) atoms. The molecule has 2 aliphatic rings. The monoisotopic (exact) mass is 500 g/mol. The largest absolute Gasteiger partial charge is 0.334 e. The van der Waals surface area contributed by atoms with Crippen LogP contribution < -0.4 is 10.2 Å². The van der Waals surface area contributed by atoms with Crippen molar-refractivity contribution >= 4 is 11.7 Å². The van der Waals surface area contributed by atoms with Crippen LogP contribution in [0.1, 0.15) is 75.1 Å². The highest BCUT2D eigenvalue weighted by atomic mass is 16.2. The van der Waals surface area contributed by atoms with Crippen LogP contribution in [-0.4, -0.2) is 50.9 Å². The number of anilines is 1. The van der Waals surface area contributed by atoms with Crippen LogP contribution in [-0.2, 0) is 6.54 Å². The number of aryl methyl sites for hydroxylation is 1. The highest BCUT2D eigenvalue weighted by Crippen LogP contribution is 2.42. The van der Waals surface area contributed by atoms with E-state index in [0.717, 1.165) is 48.7 Å². The SMILES string of the molecule is Cc1nnc(C(C)C)n1C1C[C@H]2CC[C@@H](C1)N2CCCN(C(=O)NCc1ccccc1)c1ccccc1. The molecular weight excluding hydrogens is 460 g/mol. The number of aromatic nitrogens is 3. The Balaban J connectivity index is 1.20. The number of amides is 2. The van der Waals surface area contributed by atoms with E-state index in [1.54, 1.807) is 0 Å². The number of carbonyl (C=O) groups excluding carboxylic acids is 1. The highest BCUT2D eigenvalue weighted by molar-refractivity contribution is 5.91. The number of hydrogen-bond acceptors (Lipinski definition) is 4. The number of nitrogens with zero attached hydrogens (tertiary/aromatic N) is 5. The quantitative estimate of drug-likeness (QED) is 0.410. The van der Waals surface area contributed by atoms with Crippen LogP contribution >= 0.6 is 0 Å². The molecule has 2 aromatic carbocycles. The van der Waals surface area contributed by atoms with E-state index in [2.05, 4.69) is 45.8 Å². The van der Waals surface area contributed by atoms with Gasteiger partial charge < -0.3 is 9.88 Å². The minimum absolute atomic E-state index is 0.0407. The molecule has 0 radical (unpaired) electrons. The lowest BCUT2D eigenvalue weighted by Gasteiger charge is -2.40. The van der Waals surface area contributed by atoms with Crippen LogP contribution in [0.25, 0.3) is 0 Å². The van der Waals surface area contributed by atoms with E-state index < -0.39 is 0 Å². The van der Waals surface area contributed by atoms with Crippen molar-refractivity contribution in [3.05, 3.63) is 77.9 Å². The first-order valence-corrected chi connectivity index (χ1v) is 13.8. The molecule has 7 heteroatoms. The summed E-state index contributed by atoms with van der Waals surface area (Å²) >= 11 is 0. The summed E-state index contributed by atoms with van der Waals surface area (Å²) in [5, 5.41) is 12.0. The standard InChI is InChI=1S/C30H40N6O/c1-22(2)29-33-32-23(3)36(29)28-19-26-15-16-27(20-28)34(26)17-10-18-35(25-13-8-5-9-14-25)30(37)31-21-24-11-6-4-7-12-24/h4-9,11-14,22,26-28H,10,15-21H2,1-3H3,(H,31,37)/t26-,27+,28?. The first-order valence-electron chi connectivity index (χ1n) is 13.8. The molecule has 0 aliphatic carbocycles. The molecule has 2 aliphatic heterocycles. The number of rotatable bonds is 9. The Morgan fingerprint density at radius 1 is 0.973 bits per heavy atom. The second kappa shape index (κ2) is 11.5. The van der Waals surface area contributed by atoms with E-state index in [0.29, 0.717) is 37.1 Å².